The van der Waals surface area contributed by atoms with E-state index in [1.54, 1.807) is 6.07 Å². The molecule has 0 aliphatic heterocycles. The molecule has 1 aromatic carbocycles. The largest absolute Gasteiger partial charge is 0.487 e. The Bertz CT molecular complexity index is 576. The lowest BCUT2D eigenvalue weighted by molar-refractivity contribution is -0.385. The van der Waals surface area contributed by atoms with Crippen molar-refractivity contribution in [1.29, 1.82) is 0 Å². The highest BCUT2D eigenvalue weighted by atomic mass is 16.6. The van der Waals surface area contributed by atoms with Gasteiger partial charge < -0.3 is 4.74 Å². The molecular weight excluding hydrogens is 288 g/mol. The highest BCUT2D eigenvalue weighted by molar-refractivity contribution is 5.90. The first-order valence-corrected chi connectivity index (χ1v) is 6.76. The van der Waals surface area contributed by atoms with Gasteiger partial charge in [-0.3, -0.25) is 20.1 Å². The molecule has 0 spiro atoms. The van der Waals surface area contributed by atoms with Crippen LogP contribution < -0.4 is 10.2 Å². The van der Waals surface area contributed by atoms with E-state index in [0.717, 1.165) is 12.5 Å². The van der Waals surface area contributed by atoms with Gasteiger partial charge in [0.1, 0.15) is 0 Å². The Balaban J connectivity index is 2.89. The molecule has 0 saturated heterocycles. The average Bonchev–Trinajstić information content (AvgIpc) is 2.44. The number of carbonyl (C=O) groups is 1. The molecule has 2 N–H and O–H groups in total. The number of carbonyl (C=O) groups excluding carboxylic acids is 1. The Labute approximate surface area is 128 Å². The maximum atomic E-state index is 11.1. The zero-order chi connectivity index (χ0) is 16.8. The molecular formula is C15H20N2O5. The molecule has 0 bridgehead atoms. The zero-order valence-electron chi connectivity index (χ0n) is 12.8. The average molecular weight is 308 g/mol. The second-order valence-corrected chi connectivity index (χ2v) is 5.95. The van der Waals surface area contributed by atoms with Crippen LogP contribution in [0.2, 0.25) is 0 Å². The third-order valence-corrected chi connectivity index (χ3v) is 2.83. The van der Waals surface area contributed by atoms with Gasteiger partial charge in [-0.1, -0.05) is 26.8 Å². The van der Waals surface area contributed by atoms with Crippen molar-refractivity contribution >= 4 is 17.7 Å². The number of nitrogens with one attached hydrogen (secondary N) is 1. The summed E-state index contributed by atoms with van der Waals surface area (Å²) in [5.41, 5.74) is 1.81. The Kier molecular flexibility index (Phi) is 6.06. The van der Waals surface area contributed by atoms with Gasteiger partial charge in [0.15, 0.2) is 5.75 Å². The first-order valence-electron chi connectivity index (χ1n) is 6.76. The third kappa shape index (κ3) is 5.92. The van der Waals surface area contributed by atoms with Crippen molar-refractivity contribution in [2.45, 2.75) is 27.2 Å². The number of ether oxygens (including phenoxy) is 1. The van der Waals surface area contributed by atoms with E-state index in [1.165, 1.54) is 23.7 Å². The monoisotopic (exact) mass is 308 g/mol. The molecule has 1 rings (SSSR count). The van der Waals surface area contributed by atoms with Crippen LogP contribution in [0.3, 0.4) is 0 Å². The Morgan fingerprint density at radius 1 is 1.45 bits per heavy atom. The van der Waals surface area contributed by atoms with Crippen LogP contribution in [0, 0.1) is 15.5 Å². The number of nitro groups is 1. The normalized spacial score (nSPS) is 11.5. The van der Waals surface area contributed by atoms with Gasteiger partial charge in [-0.15, -0.1) is 0 Å². The summed E-state index contributed by atoms with van der Waals surface area (Å²) in [6.45, 7) is 6.56. The predicted molar refractivity (Wildman–Crippen MR) is 81.6 cm³/mol. The molecule has 1 aromatic rings. The summed E-state index contributed by atoms with van der Waals surface area (Å²) in [5, 5.41) is 19.5. The summed E-state index contributed by atoms with van der Waals surface area (Å²) in [7, 11) is 0. The molecule has 7 nitrogen and oxygen atoms in total. The molecule has 0 unspecified atom stereocenters. The maximum Gasteiger partial charge on any atom is 0.311 e. The van der Waals surface area contributed by atoms with E-state index in [1.807, 2.05) is 0 Å². The number of hydrogen-bond donors (Lipinski definition) is 2. The molecule has 7 heteroatoms. The van der Waals surface area contributed by atoms with E-state index >= 15 is 0 Å². The highest BCUT2D eigenvalue weighted by Crippen LogP contribution is 2.29. The summed E-state index contributed by atoms with van der Waals surface area (Å²) in [5.74, 6) is -0.522. The number of amides is 1. The smallest absolute Gasteiger partial charge is 0.311 e. The predicted octanol–water partition coefficient (Wildman–Crippen LogP) is 2.93. The minimum Gasteiger partial charge on any atom is -0.487 e. The fourth-order valence-electron chi connectivity index (χ4n) is 1.58. The van der Waals surface area contributed by atoms with Gasteiger partial charge in [0.05, 0.1) is 11.5 Å². The third-order valence-electron chi connectivity index (χ3n) is 2.83. The van der Waals surface area contributed by atoms with Crippen molar-refractivity contribution in [2.75, 3.05) is 6.61 Å². The van der Waals surface area contributed by atoms with Gasteiger partial charge in [0.25, 0.3) is 5.91 Å². The molecule has 22 heavy (non-hydrogen) atoms. The second kappa shape index (κ2) is 7.56. The molecule has 0 atom stereocenters. The number of nitro benzene ring substituents is 1. The molecule has 0 radical (unpaired) electrons. The summed E-state index contributed by atoms with van der Waals surface area (Å²) >= 11 is 0. The van der Waals surface area contributed by atoms with Gasteiger partial charge >= 0.3 is 5.69 Å². The second-order valence-electron chi connectivity index (χ2n) is 5.95. The van der Waals surface area contributed by atoms with Gasteiger partial charge in [-0.25, -0.2) is 5.48 Å². The molecule has 0 saturated carbocycles. The van der Waals surface area contributed by atoms with E-state index in [2.05, 4.69) is 20.8 Å². The standard InChI is InChI=1S/C15H20N2O5/c1-15(2,3)8-9-22-13-6-4-11(5-7-14(18)16-19)10-12(13)17(20)21/h4-7,10,19H,8-9H2,1-3H3,(H,16,18). The van der Waals surface area contributed by atoms with Crippen molar-refractivity contribution in [3.63, 3.8) is 0 Å². The summed E-state index contributed by atoms with van der Waals surface area (Å²) in [6, 6.07) is 4.41. The van der Waals surface area contributed by atoms with Gasteiger partial charge in [0.2, 0.25) is 0 Å². The van der Waals surface area contributed by atoms with Crippen LogP contribution in [0.15, 0.2) is 24.3 Å². The maximum absolute atomic E-state index is 11.1. The fraction of sp³-hybridized carbons (Fsp3) is 0.400. The van der Waals surface area contributed by atoms with Crippen molar-refractivity contribution in [3.05, 3.63) is 40.0 Å². The summed E-state index contributed by atoms with van der Waals surface area (Å²) in [4.78, 5) is 21.5. The van der Waals surface area contributed by atoms with Crippen LogP contribution in [0.5, 0.6) is 5.75 Å². The van der Waals surface area contributed by atoms with Gasteiger partial charge in [0, 0.05) is 12.1 Å². The zero-order valence-corrected chi connectivity index (χ0v) is 12.8. The molecule has 1 amide bonds. The number of hydroxylamine groups is 1. The molecule has 120 valence electrons. The van der Waals surface area contributed by atoms with Crippen LogP contribution in [0.1, 0.15) is 32.8 Å². The molecule has 0 aliphatic rings. The minimum atomic E-state index is -0.715. The van der Waals surface area contributed by atoms with Gasteiger partial charge in [-0.05, 0) is 29.5 Å². The van der Waals surface area contributed by atoms with Crippen LogP contribution in [-0.4, -0.2) is 22.6 Å². The van der Waals surface area contributed by atoms with Crippen LogP contribution >= 0.6 is 0 Å². The number of benzene rings is 1. The van der Waals surface area contributed by atoms with E-state index in [9.17, 15) is 14.9 Å². The lowest BCUT2D eigenvalue weighted by Crippen LogP contribution is -2.14. The SMILES string of the molecule is CC(C)(C)CCOc1ccc(C=CC(=O)NO)cc1[N+](=O)[O-]. The lowest BCUT2D eigenvalue weighted by atomic mass is 9.93. The Hall–Kier alpha value is -2.41. The van der Waals surface area contributed by atoms with Gasteiger partial charge in [-0.2, -0.15) is 0 Å². The lowest BCUT2D eigenvalue weighted by Gasteiger charge is -2.18. The number of hydrogen-bond acceptors (Lipinski definition) is 5. The van der Waals surface area contributed by atoms with Crippen LogP contribution in [0.25, 0.3) is 6.08 Å². The molecule has 0 heterocycles. The minimum absolute atomic E-state index is 0.0785. The van der Waals surface area contributed by atoms with E-state index in [0.29, 0.717) is 12.2 Å². The Morgan fingerprint density at radius 3 is 2.68 bits per heavy atom. The molecule has 0 aromatic heterocycles. The van der Waals surface area contributed by atoms with Crippen LogP contribution in [-0.2, 0) is 4.79 Å². The topological polar surface area (TPSA) is 102 Å². The van der Waals surface area contributed by atoms with Crippen LogP contribution in [0.4, 0.5) is 5.69 Å². The highest BCUT2D eigenvalue weighted by Gasteiger charge is 2.17. The van der Waals surface area contributed by atoms with Crippen molar-refractivity contribution < 1.29 is 19.7 Å². The van der Waals surface area contributed by atoms with E-state index < -0.39 is 10.8 Å². The van der Waals surface area contributed by atoms with Crippen molar-refractivity contribution in [2.24, 2.45) is 5.41 Å². The number of rotatable bonds is 6. The number of nitrogens with zero attached hydrogens (tertiary/aromatic N) is 1. The first kappa shape index (κ1) is 17.6. The summed E-state index contributed by atoms with van der Waals surface area (Å²) in [6.07, 6.45) is 3.19. The molecule has 0 aliphatic carbocycles. The fourth-order valence-corrected chi connectivity index (χ4v) is 1.58. The van der Waals surface area contributed by atoms with E-state index in [-0.39, 0.29) is 16.9 Å². The quantitative estimate of drug-likeness (QED) is 0.364. The molecule has 0 fully saturated rings. The van der Waals surface area contributed by atoms with Crippen molar-refractivity contribution in [1.82, 2.24) is 5.48 Å². The summed E-state index contributed by atoms with van der Waals surface area (Å²) < 4.78 is 5.49. The first-order chi connectivity index (χ1) is 10.2. The Morgan fingerprint density at radius 2 is 2.14 bits per heavy atom. The van der Waals surface area contributed by atoms with Crippen molar-refractivity contribution in [3.8, 4) is 5.75 Å². The van der Waals surface area contributed by atoms with E-state index in [4.69, 9.17) is 9.94 Å².